The minimum atomic E-state index is -0.0509. The lowest BCUT2D eigenvalue weighted by atomic mass is 9.47. The molecule has 0 spiro atoms. The van der Waals surface area contributed by atoms with Crippen molar-refractivity contribution in [3.8, 4) is 0 Å². The summed E-state index contributed by atoms with van der Waals surface area (Å²) in [6.07, 6.45) is 4.60. The minimum absolute atomic E-state index is 0.000000000000000222. The summed E-state index contributed by atoms with van der Waals surface area (Å²) in [5, 5.41) is 0. The maximum Gasteiger partial charge on any atom is 0.223 e. The number of hydrogen-bond donors (Lipinski definition) is 1. The number of amides is 1. The van der Waals surface area contributed by atoms with Gasteiger partial charge in [-0.2, -0.15) is 0 Å². The number of primary amides is 1. The van der Waals surface area contributed by atoms with E-state index >= 15 is 0 Å². The van der Waals surface area contributed by atoms with Crippen molar-refractivity contribution in [1.29, 1.82) is 0 Å². The van der Waals surface area contributed by atoms with Crippen molar-refractivity contribution in [2.45, 2.75) is 25.7 Å². The molecule has 2 fully saturated rings. The van der Waals surface area contributed by atoms with Crippen LogP contribution in [0.15, 0.2) is 0 Å². The van der Waals surface area contributed by atoms with Crippen molar-refractivity contribution in [3.05, 3.63) is 0 Å². The van der Waals surface area contributed by atoms with Crippen LogP contribution in [0.4, 0.5) is 0 Å². The van der Waals surface area contributed by atoms with Crippen molar-refractivity contribution in [3.63, 3.8) is 0 Å². The molecule has 0 saturated heterocycles. The highest BCUT2D eigenvalue weighted by atomic mass is 16.1. The van der Waals surface area contributed by atoms with E-state index in [1.807, 2.05) is 0 Å². The zero-order valence-electron chi connectivity index (χ0n) is 5.39. The largest absolute Gasteiger partial charge is 0.369 e. The first-order valence-corrected chi connectivity index (χ1v) is 3.56. The lowest BCUT2D eigenvalue weighted by Gasteiger charge is -2.56. The highest BCUT2D eigenvalue weighted by molar-refractivity contribution is 5.83. The van der Waals surface area contributed by atoms with Crippen LogP contribution in [0.1, 0.15) is 25.7 Å². The number of hydrogen-bond acceptors (Lipinski definition) is 1. The molecule has 0 aromatic carbocycles. The van der Waals surface area contributed by atoms with Crippen molar-refractivity contribution >= 4 is 5.91 Å². The summed E-state index contributed by atoms with van der Waals surface area (Å²) in [5.74, 6) is 0.625. The molecule has 2 N–H and O–H groups in total. The van der Waals surface area contributed by atoms with Gasteiger partial charge in [-0.1, -0.05) is 0 Å². The molecule has 2 heteroatoms. The van der Waals surface area contributed by atoms with Crippen LogP contribution in [0, 0.1) is 11.3 Å². The third-order valence-corrected chi connectivity index (χ3v) is 3.15. The lowest BCUT2D eigenvalue weighted by Crippen LogP contribution is -2.56. The summed E-state index contributed by atoms with van der Waals surface area (Å²) in [6, 6.07) is 0. The second kappa shape index (κ2) is 1.31. The number of rotatable bonds is 1. The molecule has 2 rings (SSSR count). The number of carbonyl (C=O) groups excluding carboxylic acids is 1. The zero-order chi connectivity index (χ0) is 6.48. The topological polar surface area (TPSA) is 43.1 Å². The molecule has 0 unspecified atom stereocenters. The predicted octanol–water partition coefficient (Wildman–Crippen LogP) is 0.662. The first-order chi connectivity index (χ1) is 4.26. The van der Waals surface area contributed by atoms with Gasteiger partial charge in [0.05, 0.1) is 5.41 Å². The van der Waals surface area contributed by atoms with Crippen LogP contribution in [0.3, 0.4) is 0 Å². The molecule has 0 aliphatic heterocycles. The highest BCUT2D eigenvalue weighted by Crippen LogP contribution is 2.60. The SMILES string of the molecule is NC(=O)C12CCC1CC2. The van der Waals surface area contributed by atoms with Crippen LogP contribution in [-0.2, 0) is 4.79 Å². The third-order valence-electron chi connectivity index (χ3n) is 3.15. The van der Waals surface area contributed by atoms with Crippen molar-refractivity contribution in [2.24, 2.45) is 17.1 Å². The Kier molecular flexibility index (Phi) is 0.765. The molecule has 0 bridgehead atoms. The zero-order valence-corrected chi connectivity index (χ0v) is 5.39. The van der Waals surface area contributed by atoms with Gasteiger partial charge in [0.1, 0.15) is 0 Å². The molecule has 2 saturated carbocycles. The molecule has 0 radical (unpaired) electrons. The Labute approximate surface area is 54.4 Å². The van der Waals surface area contributed by atoms with Gasteiger partial charge in [-0.05, 0) is 31.6 Å². The summed E-state index contributed by atoms with van der Waals surface area (Å²) >= 11 is 0. The Morgan fingerprint density at radius 1 is 1.44 bits per heavy atom. The van der Waals surface area contributed by atoms with E-state index in [0.717, 1.165) is 12.8 Å². The Bertz CT molecular complexity index is 156. The molecule has 0 heterocycles. The van der Waals surface area contributed by atoms with Crippen LogP contribution in [0.2, 0.25) is 0 Å². The van der Waals surface area contributed by atoms with Crippen LogP contribution in [-0.4, -0.2) is 5.91 Å². The molecule has 1 amide bonds. The van der Waals surface area contributed by atoms with Crippen molar-refractivity contribution < 1.29 is 4.79 Å². The molecule has 2 nitrogen and oxygen atoms in total. The van der Waals surface area contributed by atoms with Gasteiger partial charge in [0.2, 0.25) is 5.91 Å². The Balaban J connectivity index is 2.16. The van der Waals surface area contributed by atoms with Crippen molar-refractivity contribution in [2.75, 3.05) is 0 Å². The van der Waals surface area contributed by atoms with Crippen LogP contribution in [0.5, 0.6) is 0 Å². The van der Waals surface area contributed by atoms with E-state index in [-0.39, 0.29) is 11.3 Å². The lowest BCUT2D eigenvalue weighted by molar-refractivity contribution is -0.153. The molecule has 9 heavy (non-hydrogen) atoms. The summed E-state index contributed by atoms with van der Waals surface area (Å²) in [7, 11) is 0. The predicted molar refractivity (Wildman–Crippen MR) is 33.6 cm³/mol. The van der Waals surface area contributed by atoms with Gasteiger partial charge >= 0.3 is 0 Å². The van der Waals surface area contributed by atoms with Gasteiger partial charge < -0.3 is 5.73 Å². The van der Waals surface area contributed by atoms with Crippen LogP contribution < -0.4 is 5.73 Å². The average Bonchev–Trinajstić information content (AvgIpc) is 1.76. The van der Waals surface area contributed by atoms with E-state index in [0.29, 0.717) is 5.92 Å². The molecule has 2 aliphatic rings. The Morgan fingerprint density at radius 3 is 2.00 bits per heavy atom. The normalized spacial score (nSPS) is 46.4. The van der Waals surface area contributed by atoms with Crippen molar-refractivity contribution in [1.82, 2.24) is 0 Å². The smallest absolute Gasteiger partial charge is 0.223 e. The first-order valence-electron chi connectivity index (χ1n) is 3.56. The van der Waals surface area contributed by atoms with E-state index < -0.39 is 0 Å². The molecule has 0 aromatic rings. The monoisotopic (exact) mass is 125 g/mol. The molecule has 0 atom stereocenters. The van der Waals surface area contributed by atoms with Gasteiger partial charge in [0, 0.05) is 0 Å². The van der Waals surface area contributed by atoms with Gasteiger partial charge in [0.25, 0.3) is 0 Å². The second-order valence-corrected chi connectivity index (χ2v) is 3.29. The summed E-state index contributed by atoms with van der Waals surface area (Å²) in [6.45, 7) is 0. The summed E-state index contributed by atoms with van der Waals surface area (Å²) < 4.78 is 0. The fourth-order valence-corrected chi connectivity index (χ4v) is 2.11. The van der Waals surface area contributed by atoms with E-state index in [1.165, 1.54) is 12.8 Å². The van der Waals surface area contributed by atoms with E-state index in [4.69, 9.17) is 5.73 Å². The fourth-order valence-electron chi connectivity index (χ4n) is 2.11. The van der Waals surface area contributed by atoms with E-state index in [1.54, 1.807) is 0 Å². The molecule has 2 aliphatic carbocycles. The summed E-state index contributed by atoms with van der Waals surface area (Å²) in [4.78, 5) is 10.8. The summed E-state index contributed by atoms with van der Waals surface area (Å²) in [5.41, 5.74) is 5.23. The fraction of sp³-hybridized carbons (Fsp3) is 0.857. The standard InChI is InChI=1S/C7H11NO/c8-6(9)7-3-1-5(7)2-4-7/h5H,1-4H2,(H2,8,9). The highest BCUT2D eigenvalue weighted by Gasteiger charge is 2.57. The minimum Gasteiger partial charge on any atom is -0.369 e. The third kappa shape index (κ3) is 0.406. The van der Waals surface area contributed by atoms with E-state index in [2.05, 4.69) is 0 Å². The van der Waals surface area contributed by atoms with Crippen LogP contribution in [0.25, 0.3) is 0 Å². The first kappa shape index (κ1) is 5.27. The van der Waals surface area contributed by atoms with Gasteiger partial charge in [0.15, 0.2) is 0 Å². The van der Waals surface area contributed by atoms with Gasteiger partial charge in [-0.25, -0.2) is 0 Å². The maximum absolute atomic E-state index is 10.8. The number of nitrogens with two attached hydrogens (primary N) is 1. The van der Waals surface area contributed by atoms with Gasteiger partial charge in [-0.3, -0.25) is 4.79 Å². The number of fused-ring (bicyclic) bond motifs is 1. The Hall–Kier alpha value is -0.530. The quantitative estimate of drug-likeness (QED) is 0.549. The maximum atomic E-state index is 10.8. The number of carbonyl (C=O) groups is 1. The van der Waals surface area contributed by atoms with Crippen LogP contribution >= 0.6 is 0 Å². The Morgan fingerprint density at radius 2 is 2.00 bits per heavy atom. The molecular formula is C7H11NO. The molecule has 0 aromatic heterocycles. The van der Waals surface area contributed by atoms with Gasteiger partial charge in [-0.15, -0.1) is 0 Å². The second-order valence-electron chi connectivity index (χ2n) is 3.29. The van der Waals surface area contributed by atoms with E-state index in [9.17, 15) is 4.79 Å². The molecular weight excluding hydrogens is 114 g/mol. The average molecular weight is 125 g/mol. The molecule has 50 valence electrons.